The number of aromatic nitrogens is 1. The van der Waals surface area contributed by atoms with Crippen LogP contribution in [0, 0.1) is 5.92 Å². The molecule has 0 N–H and O–H groups in total. The predicted molar refractivity (Wildman–Crippen MR) is 155 cm³/mol. The van der Waals surface area contributed by atoms with Crippen LogP contribution in [0.4, 0.5) is 0 Å². The molecule has 0 aliphatic carbocycles. The van der Waals surface area contributed by atoms with E-state index in [1.807, 2.05) is 30.3 Å². The van der Waals surface area contributed by atoms with Gasteiger partial charge in [0.1, 0.15) is 5.75 Å². The van der Waals surface area contributed by atoms with E-state index in [2.05, 4.69) is 25.8 Å². The van der Waals surface area contributed by atoms with Gasteiger partial charge in [-0.3, -0.25) is 4.98 Å². The molecular weight excluding hydrogens is 458 g/mol. The van der Waals surface area contributed by atoms with Crippen LogP contribution in [-0.4, -0.2) is 24.2 Å². The van der Waals surface area contributed by atoms with Crippen LogP contribution in [0.3, 0.4) is 0 Å². The Hall–Kier alpha value is -2.36. The molecule has 4 heteroatoms. The molecule has 0 spiro atoms. The van der Waals surface area contributed by atoms with Crippen LogP contribution < -0.4 is 4.74 Å². The van der Waals surface area contributed by atoms with E-state index in [0.717, 1.165) is 36.5 Å². The summed E-state index contributed by atoms with van der Waals surface area (Å²) in [5.74, 6) is 0.984. The molecule has 1 atom stereocenters. The van der Waals surface area contributed by atoms with Crippen molar-refractivity contribution >= 4 is 5.97 Å². The minimum atomic E-state index is -0.296. The average Bonchev–Trinajstić information content (AvgIpc) is 2.93. The second kappa shape index (κ2) is 19.7. The zero-order valence-corrected chi connectivity index (χ0v) is 23.8. The summed E-state index contributed by atoms with van der Waals surface area (Å²) in [6, 6.07) is 11.7. The van der Waals surface area contributed by atoms with Gasteiger partial charge in [-0.05, 0) is 55.2 Å². The average molecular weight is 510 g/mol. The van der Waals surface area contributed by atoms with Crippen molar-refractivity contribution < 1.29 is 14.3 Å². The molecule has 0 aliphatic heterocycles. The van der Waals surface area contributed by atoms with Crippen molar-refractivity contribution in [1.29, 1.82) is 0 Å². The number of hydrogen-bond acceptors (Lipinski definition) is 4. The second-order valence-corrected chi connectivity index (χ2v) is 10.5. The topological polar surface area (TPSA) is 48.4 Å². The molecule has 37 heavy (non-hydrogen) atoms. The van der Waals surface area contributed by atoms with Gasteiger partial charge in [0.05, 0.1) is 24.5 Å². The normalized spacial score (nSPS) is 11.9. The lowest BCUT2D eigenvalue weighted by Crippen LogP contribution is -2.12. The van der Waals surface area contributed by atoms with Crippen LogP contribution in [0.1, 0.15) is 127 Å². The fraction of sp³-hybridized carbons (Fsp3) is 0.636. The van der Waals surface area contributed by atoms with E-state index in [9.17, 15) is 4.79 Å². The maximum atomic E-state index is 12.4. The fourth-order valence-electron chi connectivity index (χ4n) is 4.49. The van der Waals surface area contributed by atoms with Crippen LogP contribution in [0.2, 0.25) is 0 Å². The largest absolute Gasteiger partial charge is 0.494 e. The molecule has 1 heterocycles. The first-order chi connectivity index (χ1) is 18.1. The van der Waals surface area contributed by atoms with E-state index < -0.39 is 0 Å². The molecule has 4 nitrogen and oxygen atoms in total. The van der Waals surface area contributed by atoms with Crippen molar-refractivity contribution in [2.24, 2.45) is 5.92 Å². The minimum absolute atomic E-state index is 0.296. The molecule has 2 aromatic rings. The first kappa shape index (κ1) is 30.9. The summed E-state index contributed by atoms with van der Waals surface area (Å²) in [6.07, 6.45) is 21.0. The second-order valence-electron chi connectivity index (χ2n) is 10.5. The Morgan fingerprint density at radius 2 is 1.35 bits per heavy atom. The van der Waals surface area contributed by atoms with Crippen LogP contribution in [0.5, 0.6) is 5.75 Å². The van der Waals surface area contributed by atoms with E-state index in [4.69, 9.17) is 9.47 Å². The molecule has 206 valence electrons. The van der Waals surface area contributed by atoms with Gasteiger partial charge in [-0.1, -0.05) is 104 Å². The highest BCUT2D eigenvalue weighted by atomic mass is 16.5. The molecule has 0 fully saturated rings. The highest BCUT2D eigenvalue weighted by molar-refractivity contribution is 5.89. The molecule has 1 aromatic carbocycles. The van der Waals surface area contributed by atoms with Crippen molar-refractivity contribution in [3.8, 4) is 17.0 Å². The fourth-order valence-corrected chi connectivity index (χ4v) is 4.49. The van der Waals surface area contributed by atoms with Crippen LogP contribution >= 0.6 is 0 Å². The number of hydrogen-bond donors (Lipinski definition) is 0. The summed E-state index contributed by atoms with van der Waals surface area (Å²) in [7, 11) is 0. The third-order valence-corrected chi connectivity index (χ3v) is 6.97. The Kier molecular flexibility index (Phi) is 16.4. The Morgan fingerprint density at radius 1 is 0.757 bits per heavy atom. The molecule has 0 bridgehead atoms. The summed E-state index contributed by atoms with van der Waals surface area (Å²) in [5.41, 5.74) is 2.34. The summed E-state index contributed by atoms with van der Waals surface area (Å²) >= 11 is 0. The number of rotatable bonds is 21. The van der Waals surface area contributed by atoms with Crippen LogP contribution in [0.15, 0.2) is 42.6 Å². The van der Waals surface area contributed by atoms with Crippen LogP contribution in [-0.2, 0) is 4.74 Å². The maximum absolute atomic E-state index is 12.4. The third-order valence-electron chi connectivity index (χ3n) is 6.97. The van der Waals surface area contributed by atoms with Gasteiger partial charge in [-0.15, -0.1) is 0 Å². The van der Waals surface area contributed by atoms with Crippen LogP contribution in [0.25, 0.3) is 11.3 Å². The number of carbonyl (C=O) groups is 1. The van der Waals surface area contributed by atoms with Crippen molar-refractivity contribution in [3.63, 3.8) is 0 Å². The van der Waals surface area contributed by atoms with E-state index in [1.165, 1.54) is 83.5 Å². The quantitative estimate of drug-likeness (QED) is 0.124. The number of benzene rings is 1. The maximum Gasteiger partial charge on any atom is 0.339 e. The lowest BCUT2D eigenvalue weighted by Gasteiger charge is -2.12. The third kappa shape index (κ3) is 13.7. The number of esters is 1. The highest BCUT2D eigenvalue weighted by Crippen LogP contribution is 2.22. The zero-order valence-electron chi connectivity index (χ0n) is 23.8. The molecule has 1 unspecified atom stereocenters. The Morgan fingerprint density at radius 3 is 1.95 bits per heavy atom. The smallest absolute Gasteiger partial charge is 0.339 e. The lowest BCUT2D eigenvalue weighted by molar-refractivity contribution is 0.0442. The Bertz CT molecular complexity index is 832. The monoisotopic (exact) mass is 509 g/mol. The van der Waals surface area contributed by atoms with Gasteiger partial charge in [0, 0.05) is 11.8 Å². The van der Waals surface area contributed by atoms with E-state index in [-0.39, 0.29) is 5.97 Å². The van der Waals surface area contributed by atoms with Crippen molar-refractivity contribution in [2.75, 3.05) is 13.2 Å². The lowest BCUT2D eigenvalue weighted by atomic mass is 10.0. The Labute approximate surface area is 226 Å². The summed E-state index contributed by atoms with van der Waals surface area (Å²) in [4.78, 5) is 16.9. The van der Waals surface area contributed by atoms with E-state index in [1.54, 1.807) is 12.3 Å². The summed E-state index contributed by atoms with van der Waals surface area (Å²) < 4.78 is 11.4. The number of nitrogens with zero attached hydrogens (tertiary/aromatic N) is 1. The SMILES string of the molecule is CCCCCCCCCCCCOc1ccc(-c2ccc(C(=O)OCC(C)CCCCCC)cn2)cc1. The number of carbonyl (C=O) groups excluding carboxylic acids is 1. The van der Waals surface area contributed by atoms with E-state index >= 15 is 0 Å². The van der Waals surface area contributed by atoms with Gasteiger partial charge in [0.25, 0.3) is 0 Å². The molecule has 0 aliphatic rings. The Balaban J connectivity index is 1.63. The van der Waals surface area contributed by atoms with Crippen molar-refractivity contribution in [3.05, 3.63) is 48.2 Å². The van der Waals surface area contributed by atoms with Gasteiger partial charge in [0.15, 0.2) is 0 Å². The van der Waals surface area contributed by atoms with Gasteiger partial charge in [0.2, 0.25) is 0 Å². The van der Waals surface area contributed by atoms with Crippen molar-refractivity contribution in [2.45, 2.75) is 117 Å². The van der Waals surface area contributed by atoms with Gasteiger partial charge in [-0.2, -0.15) is 0 Å². The molecule has 0 amide bonds. The molecular formula is C33H51NO3. The standard InChI is InChI=1S/C33H51NO3/c1-4-6-8-10-11-12-13-14-15-17-25-36-31-22-19-29(20-23-31)32-24-21-30(26-34-32)33(35)37-27-28(3)18-16-9-7-5-2/h19-24,26,28H,4-18,25,27H2,1-3H3. The highest BCUT2D eigenvalue weighted by Gasteiger charge is 2.11. The molecule has 2 rings (SSSR count). The molecule has 1 aromatic heterocycles. The number of ether oxygens (including phenoxy) is 2. The minimum Gasteiger partial charge on any atom is -0.494 e. The first-order valence-electron chi connectivity index (χ1n) is 15.0. The predicted octanol–water partition coefficient (Wildman–Crippen LogP) is 9.81. The van der Waals surface area contributed by atoms with E-state index in [0.29, 0.717) is 18.1 Å². The molecule has 0 radical (unpaired) electrons. The molecule has 0 saturated carbocycles. The van der Waals surface area contributed by atoms with Gasteiger partial charge in [-0.25, -0.2) is 4.79 Å². The van der Waals surface area contributed by atoms with Gasteiger partial charge < -0.3 is 9.47 Å². The number of unbranched alkanes of at least 4 members (excludes halogenated alkanes) is 12. The number of pyridine rings is 1. The van der Waals surface area contributed by atoms with Crippen molar-refractivity contribution in [1.82, 2.24) is 4.98 Å². The zero-order chi connectivity index (χ0) is 26.6. The van der Waals surface area contributed by atoms with Gasteiger partial charge >= 0.3 is 5.97 Å². The first-order valence-corrected chi connectivity index (χ1v) is 15.0. The summed E-state index contributed by atoms with van der Waals surface area (Å²) in [5, 5.41) is 0. The molecule has 0 saturated heterocycles. The summed E-state index contributed by atoms with van der Waals surface area (Å²) in [6.45, 7) is 7.86.